The fourth-order valence-electron chi connectivity index (χ4n) is 6.84. The number of benzene rings is 4. The molecular weight excluding hydrogens is 777 g/mol. The molecule has 0 saturated heterocycles. The van der Waals surface area contributed by atoms with E-state index in [2.05, 4.69) is 28.6 Å². The molecule has 1 aliphatic rings. The van der Waals surface area contributed by atoms with Crippen LogP contribution < -0.4 is 14.4 Å². The Hall–Kier alpha value is -5.29. The lowest BCUT2D eigenvalue weighted by molar-refractivity contribution is -0.119. The number of ketones is 1. The summed E-state index contributed by atoms with van der Waals surface area (Å²) in [6.07, 6.45) is 3.14. The average molecular weight is 821 g/mol. The molecule has 0 aliphatic carbocycles. The number of hydrogen-bond donors (Lipinski definition) is 0. The molecule has 57 heavy (non-hydrogen) atoms. The van der Waals surface area contributed by atoms with Gasteiger partial charge in [-0.1, -0.05) is 54.1 Å². The predicted molar refractivity (Wildman–Crippen MR) is 228 cm³/mol. The van der Waals surface area contributed by atoms with Crippen molar-refractivity contribution in [2.75, 3.05) is 17.4 Å². The van der Waals surface area contributed by atoms with E-state index in [0.717, 1.165) is 69.5 Å². The normalized spacial score (nSPS) is 13.3. The summed E-state index contributed by atoms with van der Waals surface area (Å²) in [7, 11) is 0. The van der Waals surface area contributed by atoms with Gasteiger partial charge in [-0.15, -0.1) is 33.1 Å². The quantitative estimate of drug-likeness (QED) is 0.0712. The number of aliphatic imine (C=N–C) groups is 1. The maximum Gasteiger partial charge on any atom is 0.242 e. The topological polar surface area (TPSA) is 98.9 Å². The Morgan fingerprint density at radius 2 is 1.51 bits per heavy atom. The van der Waals surface area contributed by atoms with Gasteiger partial charge < -0.3 is 14.4 Å². The maximum atomic E-state index is 13.4. The number of aryl methyl sites for hydroxylation is 2. The molecule has 6 aromatic rings. The number of nitrogens with zero attached hydrogens (tertiary/aromatic N) is 5. The number of unbranched alkanes of at least 4 members (excludes halogenated alkanes) is 2. The Kier molecular flexibility index (Phi) is 12.8. The number of amides is 1. The van der Waals surface area contributed by atoms with Gasteiger partial charge in [0, 0.05) is 39.6 Å². The second-order valence-corrected chi connectivity index (χ2v) is 15.9. The highest BCUT2D eigenvalue weighted by Crippen LogP contribution is 2.40. The summed E-state index contributed by atoms with van der Waals surface area (Å²) in [6, 6.07) is 31.9. The summed E-state index contributed by atoms with van der Waals surface area (Å²) in [6.45, 7) is 7.14. The van der Waals surface area contributed by atoms with Gasteiger partial charge in [0.1, 0.15) is 45.8 Å². The molecule has 0 spiro atoms. The maximum absolute atomic E-state index is 13.4. The summed E-state index contributed by atoms with van der Waals surface area (Å²) in [5.41, 5.74) is 5.77. The van der Waals surface area contributed by atoms with Crippen LogP contribution in [0.3, 0.4) is 0 Å². The van der Waals surface area contributed by atoms with E-state index in [1.807, 2.05) is 110 Å². The van der Waals surface area contributed by atoms with Crippen LogP contribution in [0, 0.1) is 20.8 Å². The lowest BCUT2D eigenvalue weighted by atomic mass is 9.99. The molecule has 1 atom stereocenters. The van der Waals surface area contributed by atoms with Crippen LogP contribution in [0.2, 0.25) is 5.02 Å². The van der Waals surface area contributed by atoms with Crippen LogP contribution in [-0.2, 0) is 16.1 Å². The highest BCUT2D eigenvalue weighted by Gasteiger charge is 2.32. The summed E-state index contributed by atoms with van der Waals surface area (Å²) >= 11 is 13.9. The summed E-state index contributed by atoms with van der Waals surface area (Å²) in [5, 5.41) is 10.6. The zero-order valence-electron chi connectivity index (χ0n) is 32.1. The van der Waals surface area contributed by atoms with E-state index < -0.39 is 6.04 Å². The molecule has 0 bridgehead atoms. The standard InChI is InChI=1S/C45H43Cl2N5O4S/c1-29-30(2)57-45-42(29)43(33-13-15-34(47)16-14-33)48-40(44-50-49-31(3)52(44)45)26-36(53)12-8-5-9-25-55-37-21-23-39(24-22-37)56-38-19-17-35(18-20-38)51(41(54)27-46)28-32-10-6-4-7-11-32/h4,6-7,10-11,13-24,40H,5,8-9,12,25-28H2,1-3H3/t40-/m0/s1. The molecule has 4 aromatic carbocycles. The summed E-state index contributed by atoms with van der Waals surface area (Å²) < 4.78 is 14.1. The van der Waals surface area contributed by atoms with Crippen molar-refractivity contribution in [1.29, 1.82) is 0 Å². The summed E-state index contributed by atoms with van der Waals surface area (Å²) in [4.78, 5) is 34.1. The molecule has 0 unspecified atom stereocenters. The Balaban J connectivity index is 0.890. The van der Waals surface area contributed by atoms with Crippen molar-refractivity contribution in [3.8, 4) is 22.2 Å². The number of fused-ring (bicyclic) bond motifs is 3. The Morgan fingerprint density at radius 3 is 2.21 bits per heavy atom. The molecule has 3 heterocycles. The molecule has 0 radical (unpaired) electrons. The van der Waals surface area contributed by atoms with Crippen LogP contribution in [0.1, 0.15) is 76.9 Å². The van der Waals surface area contributed by atoms with Gasteiger partial charge in [0.2, 0.25) is 5.91 Å². The molecule has 0 N–H and O–H groups in total. The number of ether oxygens (including phenoxy) is 2. The third-order valence-electron chi connectivity index (χ3n) is 9.95. The third kappa shape index (κ3) is 9.47. The zero-order chi connectivity index (χ0) is 39.9. The number of carbonyl (C=O) groups excluding carboxylic acids is 2. The fraction of sp³-hybridized carbons (Fsp3) is 0.267. The minimum absolute atomic E-state index is 0.105. The number of aromatic nitrogens is 3. The highest BCUT2D eigenvalue weighted by molar-refractivity contribution is 7.15. The molecule has 292 valence electrons. The molecule has 2 aromatic heterocycles. The first-order valence-electron chi connectivity index (χ1n) is 19.0. The number of rotatable bonds is 16. The summed E-state index contributed by atoms with van der Waals surface area (Å²) in [5.74, 6) is 3.38. The van der Waals surface area contributed by atoms with Gasteiger partial charge in [-0.25, -0.2) is 0 Å². The largest absolute Gasteiger partial charge is 0.494 e. The van der Waals surface area contributed by atoms with Crippen LogP contribution in [0.15, 0.2) is 108 Å². The van der Waals surface area contributed by atoms with Gasteiger partial charge >= 0.3 is 0 Å². The van der Waals surface area contributed by atoms with E-state index in [-0.39, 0.29) is 24.0 Å². The van der Waals surface area contributed by atoms with Crippen molar-refractivity contribution >= 4 is 57.6 Å². The first kappa shape index (κ1) is 39.9. The minimum Gasteiger partial charge on any atom is -0.494 e. The predicted octanol–water partition coefficient (Wildman–Crippen LogP) is 11.0. The molecule has 0 saturated carbocycles. The van der Waals surface area contributed by atoms with Crippen LogP contribution in [0.5, 0.6) is 17.2 Å². The van der Waals surface area contributed by atoms with Crippen molar-refractivity contribution in [2.45, 2.75) is 65.5 Å². The first-order valence-corrected chi connectivity index (χ1v) is 20.7. The van der Waals surface area contributed by atoms with E-state index in [1.54, 1.807) is 16.2 Å². The van der Waals surface area contributed by atoms with Gasteiger partial charge in [0.15, 0.2) is 5.82 Å². The fourth-order valence-corrected chi connectivity index (χ4v) is 8.32. The van der Waals surface area contributed by atoms with Gasteiger partial charge in [-0.2, -0.15) is 0 Å². The second kappa shape index (κ2) is 18.3. The van der Waals surface area contributed by atoms with E-state index in [0.29, 0.717) is 41.9 Å². The SMILES string of the molecule is Cc1sc2c(c1C)C(c1ccc(Cl)cc1)=N[C@@H](CC(=O)CCCCCOc1ccc(Oc3ccc(N(Cc4ccccc4)C(=O)CCl)cc3)cc1)c1nnc(C)n1-2. The molecule has 1 aliphatic heterocycles. The highest BCUT2D eigenvalue weighted by atomic mass is 35.5. The molecule has 1 amide bonds. The number of thiophene rings is 1. The Labute approximate surface area is 346 Å². The number of hydrogen-bond acceptors (Lipinski definition) is 8. The number of alkyl halides is 1. The second-order valence-electron chi connectivity index (χ2n) is 14.0. The third-order valence-corrected chi connectivity index (χ3v) is 11.6. The van der Waals surface area contributed by atoms with E-state index in [1.165, 1.54) is 4.88 Å². The minimum atomic E-state index is -0.458. The van der Waals surface area contributed by atoms with E-state index in [4.69, 9.17) is 37.7 Å². The van der Waals surface area contributed by atoms with Gasteiger partial charge in [0.05, 0.1) is 18.9 Å². The lowest BCUT2D eigenvalue weighted by Gasteiger charge is -2.22. The van der Waals surface area contributed by atoms with Crippen LogP contribution in [0.4, 0.5) is 5.69 Å². The molecule has 0 fully saturated rings. The molecule has 9 nitrogen and oxygen atoms in total. The number of Topliss-reactive ketones (excluding diaryl/α,β-unsaturated/α-hetero) is 1. The van der Waals surface area contributed by atoms with Crippen molar-refractivity contribution in [1.82, 2.24) is 14.8 Å². The van der Waals surface area contributed by atoms with Crippen LogP contribution in [0.25, 0.3) is 5.00 Å². The van der Waals surface area contributed by atoms with Crippen molar-refractivity contribution in [3.05, 3.63) is 147 Å². The molecule has 12 heteroatoms. The lowest BCUT2D eigenvalue weighted by Crippen LogP contribution is -2.31. The van der Waals surface area contributed by atoms with Crippen molar-refractivity contribution in [2.24, 2.45) is 4.99 Å². The van der Waals surface area contributed by atoms with Gasteiger partial charge in [-0.05, 0) is 112 Å². The monoisotopic (exact) mass is 819 g/mol. The molecule has 7 rings (SSSR count). The first-order chi connectivity index (χ1) is 27.7. The van der Waals surface area contributed by atoms with Crippen LogP contribution >= 0.6 is 34.5 Å². The number of halogens is 2. The Morgan fingerprint density at radius 1 is 0.825 bits per heavy atom. The number of carbonyl (C=O) groups is 2. The Bertz CT molecular complexity index is 2360. The van der Waals surface area contributed by atoms with Gasteiger partial charge in [0.25, 0.3) is 0 Å². The number of anilines is 1. The average Bonchev–Trinajstić information content (AvgIpc) is 3.71. The zero-order valence-corrected chi connectivity index (χ0v) is 34.4. The van der Waals surface area contributed by atoms with Gasteiger partial charge in [-0.3, -0.25) is 19.1 Å². The smallest absolute Gasteiger partial charge is 0.242 e. The van der Waals surface area contributed by atoms with Crippen molar-refractivity contribution in [3.63, 3.8) is 0 Å². The molecular formula is C45H43Cl2N5O4S. The van der Waals surface area contributed by atoms with E-state index in [9.17, 15) is 9.59 Å². The van der Waals surface area contributed by atoms with Crippen molar-refractivity contribution < 1.29 is 19.1 Å². The van der Waals surface area contributed by atoms with Crippen LogP contribution in [-0.4, -0.2) is 44.7 Å². The van der Waals surface area contributed by atoms with E-state index >= 15 is 0 Å².